The number of hydrogen-bond donors (Lipinski definition) is 1. The van der Waals surface area contributed by atoms with Crippen LogP contribution in [0, 0.1) is 10.1 Å². The Hall–Kier alpha value is -2.89. The molecule has 2 aromatic rings. The number of nitro groups is 1. The van der Waals surface area contributed by atoms with Gasteiger partial charge in [-0.25, -0.2) is 4.79 Å². The fourth-order valence-corrected chi connectivity index (χ4v) is 2.86. The van der Waals surface area contributed by atoms with Crippen LogP contribution in [-0.4, -0.2) is 11.0 Å². The highest BCUT2D eigenvalue weighted by Crippen LogP contribution is 2.36. The molecule has 3 rings (SSSR count). The highest BCUT2D eigenvalue weighted by Gasteiger charge is 2.30. The van der Waals surface area contributed by atoms with Crippen molar-refractivity contribution in [2.75, 3.05) is 0 Å². The molecule has 0 aliphatic heterocycles. The van der Waals surface area contributed by atoms with E-state index in [1.807, 2.05) is 36.4 Å². The maximum absolute atomic E-state index is 11.9. The molecule has 0 saturated heterocycles. The zero-order chi connectivity index (χ0) is 16.2. The predicted molar refractivity (Wildman–Crippen MR) is 83.9 cm³/mol. The Morgan fingerprint density at radius 3 is 2.74 bits per heavy atom. The average Bonchev–Trinajstić information content (AvgIpc) is 2.97. The lowest BCUT2D eigenvalue weighted by Gasteiger charge is -2.14. The standard InChI is InChI=1S/C17H16N2O4/c20-17(23-11-12-5-2-1-3-6-12)18-15-10-9-14-13(15)7-4-8-16(14)19(21)22/h1-8,15H,9-11H2,(H,18,20)/t15-/m0/s1. The van der Waals surface area contributed by atoms with Gasteiger partial charge in [-0.05, 0) is 24.0 Å². The predicted octanol–water partition coefficient (Wildman–Crippen LogP) is 3.51. The van der Waals surface area contributed by atoms with Gasteiger partial charge in [0, 0.05) is 11.6 Å². The van der Waals surface area contributed by atoms with Gasteiger partial charge in [0.2, 0.25) is 0 Å². The van der Waals surface area contributed by atoms with E-state index in [9.17, 15) is 14.9 Å². The van der Waals surface area contributed by atoms with Gasteiger partial charge < -0.3 is 10.1 Å². The Bertz CT molecular complexity index is 731. The lowest BCUT2D eigenvalue weighted by Crippen LogP contribution is -2.27. The van der Waals surface area contributed by atoms with Crippen LogP contribution >= 0.6 is 0 Å². The summed E-state index contributed by atoms with van der Waals surface area (Å²) in [5.41, 5.74) is 2.52. The fraction of sp³-hybridized carbons (Fsp3) is 0.235. The molecule has 0 aromatic heterocycles. The van der Waals surface area contributed by atoms with E-state index in [4.69, 9.17) is 4.74 Å². The fourth-order valence-electron chi connectivity index (χ4n) is 2.86. The molecule has 1 aliphatic rings. The van der Waals surface area contributed by atoms with Crippen molar-refractivity contribution in [3.05, 3.63) is 75.3 Å². The molecule has 0 radical (unpaired) electrons. The van der Waals surface area contributed by atoms with Gasteiger partial charge in [0.25, 0.3) is 5.69 Å². The summed E-state index contributed by atoms with van der Waals surface area (Å²) in [7, 11) is 0. The molecule has 1 amide bonds. The molecule has 23 heavy (non-hydrogen) atoms. The second kappa shape index (κ2) is 6.48. The summed E-state index contributed by atoms with van der Waals surface area (Å²) < 4.78 is 5.20. The largest absolute Gasteiger partial charge is 0.445 e. The Morgan fingerprint density at radius 2 is 2.00 bits per heavy atom. The van der Waals surface area contributed by atoms with Crippen LogP contribution in [0.5, 0.6) is 0 Å². The van der Waals surface area contributed by atoms with E-state index < -0.39 is 6.09 Å². The van der Waals surface area contributed by atoms with Gasteiger partial charge in [0.05, 0.1) is 11.0 Å². The molecule has 0 unspecified atom stereocenters. The van der Waals surface area contributed by atoms with Crippen molar-refractivity contribution in [1.29, 1.82) is 0 Å². The number of carbonyl (C=O) groups excluding carboxylic acids is 1. The molecule has 0 spiro atoms. The third-order valence-electron chi connectivity index (χ3n) is 3.95. The molecule has 0 fully saturated rings. The van der Waals surface area contributed by atoms with Gasteiger partial charge >= 0.3 is 6.09 Å². The number of carbonyl (C=O) groups is 1. The first-order valence-electron chi connectivity index (χ1n) is 7.38. The Kier molecular flexibility index (Phi) is 4.23. The second-order valence-electron chi connectivity index (χ2n) is 5.40. The van der Waals surface area contributed by atoms with Crippen LogP contribution in [0.15, 0.2) is 48.5 Å². The molecule has 1 atom stereocenters. The number of hydrogen-bond acceptors (Lipinski definition) is 4. The zero-order valence-corrected chi connectivity index (χ0v) is 12.4. The van der Waals surface area contributed by atoms with Crippen LogP contribution in [0.1, 0.15) is 29.2 Å². The highest BCUT2D eigenvalue weighted by molar-refractivity contribution is 5.68. The number of fused-ring (bicyclic) bond motifs is 1. The molecular weight excluding hydrogens is 296 g/mol. The van der Waals surface area contributed by atoms with Gasteiger partial charge in [0.1, 0.15) is 6.61 Å². The van der Waals surface area contributed by atoms with Crippen LogP contribution in [0.2, 0.25) is 0 Å². The molecule has 6 heteroatoms. The quantitative estimate of drug-likeness (QED) is 0.692. The van der Waals surface area contributed by atoms with Gasteiger partial charge in [-0.1, -0.05) is 42.5 Å². The summed E-state index contributed by atoms with van der Waals surface area (Å²) in [6, 6.07) is 14.1. The monoisotopic (exact) mass is 312 g/mol. The number of ether oxygens (including phenoxy) is 1. The Balaban J connectivity index is 1.63. The maximum Gasteiger partial charge on any atom is 0.407 e. The van der Waals surface area contributed by atoms with Crippen LogP contribution in [0.3, 0.4) is 0 Å². The van der Waals surface area contributed by atoms with E-state index in [1.165, 1.54) is 6.07 Å². The van der Waals surface area contributed by atoms with Gasteiger partial charge in [-0.15, -0.1) is 0 Å². The lowest BCUT2D eigenvalue weighted by atomic mass is 10.1. The number of alkyl carbamates (subject to hydrolysis) is 1. The van der Waals surface area contributed by atoms with Crippen LogP contribution < -0.4 is 5.32 Å². The molecule has 0 heterocycles. The number of amides is 1. The molecule has 1 aliphatic carbocycles. The molecular formula is C17H16N2O4. The van der Waals surface area contributed by atoms with Crippen molar-refractivity contribution < 1.29 is 14.5 Å². The second-order valence-corrected chi connectivity index (χ2v) is 5.40. The van der Waals surface area contributed by atoms with Crippen molar-refractivity contribution in [3.8, 4) is 0 Å². The number of nitro benzene ring substituents is 1. The first-order valence-corrected chi connectivity index (χ1v) is 7.38. The van der Waals surface area contributed by atoms with E-state index in [-0.39, 0.29) is 23.3 Å². The number of nitrogens with one attached hydrogen (secondary N) is 1. The third kappa shape index (κ3) is 3.31. The van der Waals surface area contributed by atoms with Crippen LogP contribution in [0.4, 0.5) is 10.5 Å². The normalized spacial score (nSPS) is 15.7. The van der Waals surface area contributed by atoms with Gasteiger partial charge in [0.15, 0.2) is 0 Å². The third-order valence-corrected chi connectivity index (χ3v) is 3.95. The van der Waals surface area contributed by atoms with E-state index in [2.05, 4.69) is 5.32 Å². The minimum Gasteiger partial charge on any atom is -0.445 e. The van der Waals surface area contributed by atoms with Crippen molar-refractivity contribution in [3.63, 3.8) is 0 Å². The topological polar surface area (TPSA) is 81.5 Å². The summed E-state index contributed by atoms with van der Waals surface area (Å²) in [6.07, 6.45) is 0.703. The summed E-state index contributed by atoms with van der Waals surface area (Å²) in [6.45, 7) is 0.196. The van der Waals surface area contributed by atoms with E-state index in [0.29, 0.717) is 18.4 Å². The van der Waals surface area contributed by atoms with Gasteiger partial charge in [-0.3, -0.25) is 10.1 Å². The summed E-state index contributed by atoms with van der Waals surface area (Å²) >= 11 is 0. The lowest BCUT2D eigenvalue weighted by molar-refractivity contribution is -0.385. The first-order chi connectivity index (χ1) is 11.1. The van der Waals surface area contributed by atoms with E-state index >= 15 is 0 Å². The minimum absolute atomic E-state index is 0.115. The number of rotatable bonds is 4. The minimum atomic E-state index is -0.516. The Morgan fingerprint density at radius 1 is 1.22 bits per heavy atom. The van der Waals surface area contributed by atoms with E-state index in [1.54, 1.807) is 6.07 Å². The highest BCUT2D eigenvalue weighted by atomic mass is 16.6. The molecule has 118 valence electrons. The van der Waals surface area contributed by atoms with Crippen molar-refractivity contribution in [2.45, 2.75) is 25.5 Å². The first kappa shape index (κ1) is 15.0. The van der Waals surface area contributed by atoms with Gasteiger partial charge in [-0.2, -0.15) is 0 Å². The average molecular weight is 312 g/mol. The molecule has 2 aromatic carbocycles. The van der Waals surface area contributed by atoms with Crippen molar-refractivity contribution in [2.24, 2.45) is 0 Å². The summed E-state index contributed by atoms with van der Waals surface area (Å²) in [5, 5.41) is 13.8. The molecule has 0 saturated carbocycles. The van der Waals surface area contributed by atoms with E-state index in [0.717, 1.165) is 11.1 Å². The van der Waals surface area contributed by atoms with Crippen LogP contribution in [-0.2, 0) is 17.8 Å². The summed E-state index contributed by atoms with van der Waals surface area (Å²) in [5.74, 6) is 0. The molecule has 6 nitrogen and oxygen atoms in total. The molecule has 0 bridgehead atoms. The summed E-state index contributed by atoms with van der Waals surface area (Å²) in [4.78, 5) is 22.6. The SMILES string of the molecule is O=C(N[C@H]1CCc2c1cccc2[N+](=O)[O-])OCc1ccccc1. The zero-order valence-electron chi connectivity index (χ0n) is 12.4. The van der Waals surface area contributed by atoms with Crippen LogP contribution in [0.25, 0.3) is 0 Å². The smallest absolute Gasteiger partial charge is 0.407 e. The van der Waals surface area contributed by atoms with Crippen molar-refractivity contribution in [1.82, 2.24) is 5.32 Å². The van der Waals surface area contributed by atoms with Crippen molar-refractivity contribution >= 4 is 11.8 Å². The number of benzene rings is 2. The Labute approximate surface area is 133 Å². The molecule has 1 N–H and O–H groups in total. The number of nitrogens with zero attached hydrogens (tertiary/aromatic N) is 1. The maximum atomic E-state index is 11.9.